The quantitative estimate of drug-likeness (QED) is 0.481. The number of rotatable bonds is 7. The summed E-state index contributed by atoms with van der Waals surface area (Å²) in [4.78, 5) is 4.24. The van der Waals surface area contributed by atoms with Crippen LogP contribution in [0.5, 0.6) is 5.75 Å². The van der Waals surface area contributed by atoms with Crippen molar-refractivity contribution < 1.29 is 13.2 Å². The van der Waals surface area contributed by atoms with Crippen LogP contribution in [-0.2, 0) is 28.7 Å². The zero-order valence-electron chi connectivity index (χ0n) is 16.1. The fraction of sp³-hybridized carbons (Fsp3) is 0.350. The Morgan fingerprint density at radius 1 is 1.14 bits per heavy atom. The van der Waals surface area contributed by atoms with Crippen molar-refractivity contribution >= 4 is 16.0 Å². The number of hydrogen-bond acceptors (Lipinski definition) is 4. The molecule has 2 aromatic rings. The number of nitrogens with one attached hydrogen (secondary N) is 3. The summed E-state index contributed by atoms with van der Waals surface area (Å²) in [6.45, 7) is 1.19. The van der Waals surface area contributed by atoms with Crippen molar-refractivity contribution in [2.24, 2.45) is 4.99 Å². The minimum Gasteiger partial charge on any atom is -0.488 e. The summed E-state index contributed by atoms with van der Waals surface area (Å²) in [6, 6.07) is 15.6. The third-order valence-corrected chi connectivity index (χ3v) is 5.89. The van der Waals surface area contributed by atoms with Gasteiger partial charge in [-0.1, -0.05) is 42.5 Å². The monoisotopic (exact) mass is 402 g/mol. The zero-order chi connectivity index (χ0) is 20.0. The molecule has 1 unspecified atom stereocenters. The number of ether oxygens (including phenoxy) is 1. The number of para-hydroxylation sites is 1. The molecule has 0 amide bonds. The molecule has 0 aromatic heterocycles. The molecule has 1 atom stereocenters. The van der Waals surface area contributed by atoms with Gasteiger partial charge in [-0.3, -0.25) is 4.99 Å². The smallest absolute Gasteiger partial charge is 0.215 e. The Hall–Kier alpha value is -2.58. The van der Waals surface area contributed by atoms with Gasteiger partial charge in [-0.15, -0.1) is 0 Å². The van der Waals surface area contributed by atoms with E-state index >= 15 is 0 Å². The summed E-state index contributed by atoms with van der Waals surface area (Å²) in [5.74, 6) is 1.59. The molecule has 0 spiro atoms. The second-order valence-electron chi connectivity index (χ2n) is 6.64. The van der Waals surface area contributed by atoms with E-state index in [0.717, 1.165) is 23.3 Å². The number of guanidine groups is 1. The van der Waals surface area contributed by atoms with Gasteiger partial charge in [0.15, 0.2) is 5.96 Å². The maximum absolute atomic E-state index is 11.7. The first-order valence-electron chi connectivity index (χ1n) is 9.17. The predicted octanol–water partition coefficient (Wildman–Crippen LogP) is 1.40. The van der Waals surface area contributed by atoms with E-state index < -0.39 is 10.0 Å². The minimum absolute atomic E-state index is 0.0378. The van der Waals surface area contributed by atoms with Crippen LogP contribution in [-0.4, -0.2) is 41.1 Å². The van der Waals surface area contributed by atoms with Crippen molar-refractivity contribution in [2.45, 2.75) is 24.8 Å². The molecule has 1 aliphatic heterocycles. The first-order chi connectivity index (χ1) is 13.5. The SMILES string of the molecule is CN=C(NCc1cccc(CS(=O)(=O)NC)c1)NCC1Cc2ccccc2O1. The molecule has 2 aromatic carbocycles. The van der Waals surface area contributed by atoms with Crippen LogP contribution in [0.3, 0.4) is 0 Å². The summed E-state index contributed by atoms with van der Waals surface area (Å²) in [5.41, 5.74) is 2.95. The number of benzene rings is 2. The summed E-state index contributed by atoms with van der Waals surface area (Å²) in [6.07, 6.45) is 0.952. The van der Waals surface area contributed by atoms with Crippen molar-refractivity contribution in [3.8, 4) is 5.75 Å². The number of fused-ring (bicyclic) bond motifs is 1. The molecular weight excluding hydrogens is 376 g/mol. The van der Waals surface area contributed by atoms with Gasteiger partial charge in [-0.2, -0.15) is 0 Å². The molecule has 28 heavy (non-hydrogen) atoms. The third-order valence-electron chi connectivity index (χ3n) is 4.55. The molecule has 1 heterocycles. The van der Waals surface area contributed by atoms with Gasteiger partial charge in [0.25, 0.3) is 0 Å². The highest BCUT2D eigenvalue weighted by molar-refractivity contribution is 7.88. The molecule has 3 rings (SSSR count). The Labute approximate surface area is 166 Å². The molecular formula is C20H26N4O3S. The lowest BCUT2D eigenvalue weighted by Crippen LogP contribution is -2.41. The molecule has 7 nitrogen and oxygen atoms in total. The van der Waals surface area contributed by atoms with E-state index in [1.165, 1.54) is 12.6 Å². The van der Waals surface area contributed by atoms with Gasteiger partial charge in [0.1, 0.15) is 11.9 Å². The van der Waals surface area contributed by atoms with Crippen LogP contribution in [0.2, 0.25) is 0 Å². The van der Waals surface area contributed by atoms with E-state index in [4.69, 9.17) is 4.74 Å². The molecule has 3 N–H and O–H groups in total. The number of aliphatic imine (C=N–C) groups is 1. The largest absolute Gasteiger partial charge is 0.488 e. The van der Waals surface area contributed by atoms with Crippen LogP contribution in [0, 0.1) is 0 Å². The van der Waals surface area contributed by atoms with Gasteiger partial charge < -0.3 is 15.4 Å². The number of nitrogens with zero attached hydrogens (tertiary/aromatic N) is 1. The molecule has 0 saturated carbocycles. The van der Waals surface area contributed by atoms with Gasteiger partial charge >= 0.3 is 0 Å². The van der Waals surface area contributed by atoms with Crippen molar-refractivity contribution in [3.05, 3.63) is 65.2 Å². The molecule has 0 bridgehead atoms. The Morgan fingerprint density at radius 2 is 1.93 bits per heavy atom. The highest BCUT2D eigenvalue weighted by Crippen LogP contribution is 2.27. The normalized spacial score (nSPS) is 16.4. The standard InChI is InChI=1S/C20H26N4O3S/c1-21-20(24-13-18-11-17-8-3-4-9-19(17)27-18)23-12-15-6-5-7-16(10-15)14-28(25,26)22-2/h3-10,18,22H,11-14H2,1-2H3,(H2,21,23,24). The number of hydrogen-bond donors (Lipinski definition) is 3. The van der Waals surface area contributed by atoms with Crippen molar-refractivity contribution in [1.82, 2.24) is 15.4 Å². The van der Waals surface area contributed by atoms with Crippen LogP contribution < -0.4 is 20.1 Å². The predicted molar refractivity (Wildman–Crippen MR) is 111 cm³/mol. The molecule has 8 heteroatoms. The summed E-state index contributed by atoms with van der Waals surface area (Å²) < 4.78 is 31.7. The first-order valence-corrected chi connectivity index (χ1v) is 10.8. The number of sulfonamides is 1. The zero-order valence-corrected chi connectivity index (χ0v) is 16.9. The topological polar surface area (TPSA) is 91.8 Å². The van der Waals surface area contributed by atoms with Gasteiger partial charge in [-0.05, 0) is 29.8 Å². The fourth-order valence-electron chi connectivity index (χ4n) is 3.11. The van der Waals surface area contributed by atoms with Gasteiger partial charge in [0.05, 0.1) is 12.3 Å². The average molecular weight is 403 g/mol. The third kappa shape index (κ3) is 5.46. The molecule has 1 aliphatic rings. The van der Waals surface area contributed by atoms with E-state index in [1.807, 2.05) is 36.4 Å². The molecule has 0 aliphatic carbocycles. The van der Waals surface area contributed by atoms with E-state index in [-0.39, 0.29) is 11.9 Å². The second-order valence-corrected chi connectivity index (χ2v) is 8.57. The molecule has 0 radical (unpaired) electrons. The van der Waals surface area contributed by atoms with Crippen LogP contribution >= 0.6 is 0 Å². The van der Waals surface area contributed by atoms with Crippen LogP contribution in [0.4, 0.5) is 0 Å². The van der Waals surface area contributed by atoms with Gasteiger partial charge in [0, 0.05) is 20.0 Å². The van der Waals surface area contributed by atoms with Gasteiger partial charge in [0.2, 0.25) is 10.0 Å². The van der Waals surface area contributed by atoms with Crippen molar-refractivity contribution in [1.29, 1.82) is 0 Å². The maximum atomic E-state index is 11.7. The van der Waals surface area contributed by atoms with Crippen LogP contribution in [0.25, 0.3) is 0 Å². The molecule has 150 valence electrons. The van der Waals surface area contributed by atoms with E-state index in [0.29, 0.717) is 19.0 Å². The summed E-state index contributed by atoms with van der Waals surface area (Å²) in [5, 5.41) is 6.54. The summed E-state index contributed by atoms with van der Waals surface area (Å²) >= 11 is 0. The van der Waals surface area contributed by atoms with Crippen molar-refractivity contribution in [3.63, 3.8) is 0 Å². The van der Waals surface area contributed by atoms with Crippen LogP contribution in [0.15, 0.2) is 53.5 Å². The van der Waals surface area contributed by atoms with E-state index in [2.05, 4.69) is 26.4 Å². The Kier molecular flexibility index (Phi) is 6.53. The minimum atomic E-state index is -3.29. The lowest BCUT2D eigenvalue weighted by molar-refractivity contribution is 0.235. The lowest BCUT2D eigenvalue weighted by Gasteiger charge is -2.16. The highest BCUT2D eigenvalue weighted by Gasteiger charge is 2.22. The van der Waals surface area contributed by atoms with E-state index in [1.54, 1.807) is 13.1 Å². The average Bonchev–Trinajstić information content (AvgIpc) is 3.11. The molecule has 0 fully saturated rings. The highest BCUT2D eigenvalue weighted by atomic mass is 32.2. The Bertz CT molecular complexity index is 919. The second kappa shape index (κ2) is 9.07. The Morgan fingerprint density at radius 3 is 2.68 bits per heavy atom. The Balaban J connectivity index is 1.50. The first kappa shape index (κ1) is 20.2. The van der Waals surface area contributed by atoms with Gasteiger partial charge in [-0.25, -0.2) is 13.1 Å². The van der Waals surface area contributed by atoms with Crippen LogP contribution in [0.1, 0.15) is 16.7 Å². The molecule has 0 saturated heterocycles. The summed E-state index contributed by atoms with van der Waals surface area (Å²) in [7, 11) is -0.149. The lowest BCUT2D eigenvalue weighted by atomic mass is 10.1. The van der Waals surface area contributed by atoms with Crippen molar-refractivity contribution in [2.75, 3.05) is 20.6 Å². The fourth-order valence-corrected chi connectivity index (χ4v) is 3.87. The maximum Gasteiger partial charge on any atom is 0.215 e. The van der Waals surface area contributed by atoms with E-state index in [9.17, 15) is 8.42 Å².